The minimum Gasteiger partial charge on any atom is -0.449 e. The van der Waals surface area contributed by atoms with Gasteiger partial charge in [-0.1, -0.05) is 45.0 Å². The maximum Gasteiger partial charge on any atom is 0.418 e. The van der Waals surface area contributed by atoms with Gasteiger partial charge < -0.3 is 9.64 Å². The first-order valence-electron chi connectivity index (χ1n) is 9.56. The second kappa shape index (κ2) is 9.67. The highest BCUT2D eigenvalue weighted by molar-refractivity contribution is 5.86. The van der Waals surface area contributed by atoms with Gasteiger partial charge in [-0.05, 0) is 41.7 Å². The highest BCUT2D eigenvalue weighted by Gasteiger charge is 2.34. The predicted octanol–water partition coefficient (Wildman–Crippen LogP) is 6.42. The summed E-state index contributed by atoms with van der Waals surface area (Å²) in [5.74, 6) is 0.417. The molecule has 0 aromatic heterocycles. The van der Waals surface area contributed by atoms with Crippen molar-refractivity contribution in [2.24, 2.45) is 0 Å². The molecule has 0 aliphatic rings. The highest BCUT2D eigenvalue weighted by Crippen LogP contribution is 2.37. The topological polar surface area (TPSA) is 41.6 Å². The van der Waals surface area contributed by atoms with E-state index in [4.69, 9.17) is 4.74 Å². The fourth-order valence-electron chi connectivity index (χ4n) is 2.83. The van der Waals surface area contributed by atoms with Gasteiger partial charge in [0.2, 0.25) is 0 Å². The van der Waals surface area contributed by atoms with Gasteiger partial charge in [0.25, 0.3) is 0 Å². The molecular formula is C22H27F3N2O2. The number of rotatable bonds is 7. The maximum absolute atomic E-state index is 13.5. The monoisotopic (exact) mass is 408 g/mol. The van der Waals surface area contributed by atoms with Gasteiger partial charge >= 0.3 is 12.3 Å². The molecule has 2 rings (SSSR count). The summed E-state index contributed by atoms with van der Waals surface area (Å²) >= 11 is 0. The third-order valence-corrected chi connectivity index (χ3v) is 4.49. The molecule has 0 atom stereocenters. The van der Waals surface area contributed by atoms with Crippen LogP contribution in [0, 0.1) is 0 Å². The summed E-state index contributed by atoms with van der Waals surface area (Å²) < 4.78 is 45.4. The van der Waals surface area contributed by atoms with E-state index in [2.05, 4.69) is 19.2 Å². The molecule has 29 heavy (non-hydrogen) atoms. The Kier molecular flexibility index (Phi) is 7.53. The molecule has 2 aromatic rings. The number of hydrogen-bond donors (Lipinski definition) is 1. The normalized spacial score (nSPS) is 11.4. The van der Waals surface area contributed by atoms with Crippen LogP contribution in [0.15, 0.2) is 42.5 Å². The average Bonchev–Trinajstić information content (AvgIpc) is 2.66. The number of anilines is 2. The molecular weight excluding hydrogens is 381 g/mol. The molecule has 0 fully saturated rings. The molecule has 0 heterocycles. The van der Waals surface area contributed by atoms with Crippen molar-refractivity contribution < 1.29 is 22.7 Å². The zero-order valence-corrected chi connectivity index (χ0v) is 17.1. The SMILES string of the molecule is CCCOC(=O)Nc1ccc(N(C)Cc2ccc(C(C)C)cc2)cc1C(F)(F)F. The molecule has 7 heteroatoms. The predicted molar refractivity (Wildman–Crippen MR) is 109 cm³/mol. The Labute approximate surface area is 169 Å². The van der Waals surface area contributed by atoms with E-state index in [1.807, 2.05) is 24.3 Å². The summed E-state index contributed by atoms with van der Waals surface area (Å²) in [5, 5.41) is 2.18. The van der Waals surface area contributed by atoms with Crippen LogP contribution in [-0.2, 0) is 17.5 Å². The minimum atomic E-state index is -4.61. The lowest BCUT2D eigenvalue weighted by Crippen LogP contribution is -2.20. The average molecular weight is 408 g/mol. The van der Waals surface area contributed by atoms with Crippen molar-refractivity contribution in [2.75, 3.05) is 23.9 Å². The number of benzene rings is 2. The molecule has 0 aliphatic carbocycles. The third-order valence-electron chi connectivity index (χ3n) is 4.49. The quantitative estimate of drug-likeness (QED) is 0.574. The van der Waals surface area contributed by atoms with Crippen molar-refractivity contribution in [3.63, 3.8) is 0 Å². The van der Waals surface area contributed by atoms with Crippen LogP contribution in [0.3, 0.4) is 0 Å². The van der Waals surface area contributed by atoms with Crippen molar-refractivity contribution in [3.05, 3.63) is 59.2 Å². The van der Waals surface area contributed by atoms with Gasteiger partial charge in [0.15, 0.2) is 0 Å². The number of hydrogen-bond acceptors (Lipinski definition) is 3. The minimum absolute atomic E-state index is 0.142. The number of carbonyl (C=O) groups excluding carboxylic acids is 1. The molecule has 0 bridgehead atoms. The van der Waals surface area contributed by atoms with E-state index in [1.165, 1.54) is 11.6 Å². The first-order valence-corrected chi connectivity index (χ1v) is 9.56. The Balaban J connectivity index is 2.20. The second-order valence-corrected chi connectivity index (χ2v) is 7.24. The lowest BCUT2D eigenvalue weighted by Gasteiger charge is -2.22. The molecule has 0 radical (unpaired) electrons. The standard InChI is InChI=1S/C22H27F3N2O2/c1-5-12-29-21(28)26-20-11-10-18(13-19(20)22(23,24)25)27(4)14-16-6-8-17(9-7-16)15(2)3/h6-11,13,15H,5,12,14H2,1-4H3,(H,26,28). The lowest BCUT2D eigenvalue weighted by molar-refractivity contribution is -0.136. The van der Waals surface area contributed by atoms with E-state index < -0.39 is 17.8 Å². The molecule has 0 unspecified atom stereocenters. The van der Waals surface area contributed by atoms with Gasteiger partial charge in [-0.25, -0.2) is 4.79 Å². The fourth-order valence-corrected chi connectivity index (χ4v) is 2.83. The van der Waals surface area contributed by atoms with Gasteiger partial charge in [0.1, 0.15) is 0 Å². The molecule has 2 aromatic carbocycles. The van der Waals surface area contributed by atoms with Crippen LogP contribution >= 0.6 is 0 Å². The third kappa shape index (κ3) is 6.41. The number of carbonyl (C=O) groups is 1. The van der Waals surface area contributed by atoms with E-state index >= 15 is 0 Å². The number of ether oxygens (including phenoxy) is 1. The molecule has 0 aliphatic heterocycles. The van der Waals surface area contributed by atoms with Gasteiger partial charge in [0.05, 0.1) is 17.9 Å². The van der Waals surface area contributed by atoms with Crippen molar-refractivity contribution in [3.8, 4) is 0 Å². The molecule has 4 nitrogen and oxygen atoms in total. The van der Waals surface area contributed by atoms with Crippen LogP contribution in [0.4, 0.5) is 29.3 Å². The Morgan fingerprint density at radius 2 is 1.79 bits per heavy atom. The molecule has 1 N–H and O–H groups in total. The Morgan fingerprint density at radius 1 is 1.14 bits per heavy atom. The van der Waals surface area contributed by atoms with Gasteiger partial charge in [0, 0.05) is 19.3 Å². The van der Waals surface area contributed by atoms with Crippen LogP contribution in [0.5, 0.6) is 0 Å². The van der Waals surface area contributed by atoms with Gasteiger partial charge in [-0.3, -0.25) is 5.32 Å². The largest absolute Gasteiger partial charge is 0.449 e. The van der Waals surface area contributed by atoms with Crippen LogP contribution in [0.25, 0.3) is 0 Å². The summed E-state index contributed by atoms with van der Waals surface area (Å²) in [6.45, 7) is 6.61. The zero-order chi connectivity index (χ0) is 21.6. The molecule has 1 amide bonds. The van der Waals surface area contributed by atoms with E-state index in [1.54, 1.807) is 24.9 Å². The summed E-state index contributed by atoms with van der Waals surface area (Å²) in [7, 11) is 1.73. The lowest BCUT2D eigenvalue weighted by atomic mass is 10.0. The fraction of sp³-hybridized carbons (Fsp3) is 0.409. The summed E-state index contributed by atoms with van der Waals surface area (Å²) in [5.41, 5.74) is 1.37. The molecule has 158 valence electrons. The first-order chi connectivity index (χ1) is 13.6. The summed E-state index contributed by atoms with van der Waals surface area (Å²) in [6, 6.07) is 11.9. The molecule has 0 saturated carbocycles. The van der Waals surface area contributed by atoms with E-state index in [-0.39, 0.29) is 12.3 Å². The Morgan fingerprint density at radius 3 is 2.34 bits per heavy atom. The number of amides is 1. The van der Waals surface area contributed by atoms with Crippen LogP contribution in [0.2, 0.25) is 0 Å². The smallest absolute Gasteiger partial charge is 0.418 e. The van der Waals surface area contributed by atoms with Crippen LogP contribution in [-0.4, -0.2) is 19.7 Å². The van der Waals surface area contributed by atoms with Crippen molar-refractivity contribution in [1.82, 2.24) is 0 Å². The second-order valence-electron chi connectivity index (χ2n) is 7.24. The van der Waals surface area contributed by atoms with E-state index in [9.17, 15) is 18.0 Å². The highest BCUT2D eigenvalue weighted by atomic mass is 19.4. The van der Waals surface area contributed by atoms with Gasteiger partial charge in [-0.2, -0.15) is 13.2 Å². The zero-order valence-electron chi connectivity index (χ0n) is 17.1. The van der Waals surface area contributed by atoms with Crippen LogP contribution in [0.1, 0.15) is 49.8 Å². The van der Waals surface area contributed by atoms with E-state index in [0.717, 1.165) is 11.6 Å². The van der Waals surface area contributed by atoms with E-state index in [0.29, 0.717) is 24.6 Å². The summed E-state index contributed by atoms with van der Waals surface area (Å²) in [4.78, 5) is 13.4. The number of nitrogens with one attached hydrogen (secondary N) is 1. The van der Waals surface area contributed by atoms with Crippen molar-refractivity contribution >= 4 is 17.5 Å². The molecule has 0 saturated heterocycles. The number of halogens is 3. The first kappa shape index (κ1) is 22.6. The number of alkyl halides is 3. The Bertz CT molecular complexity index is 818. The number of nitrogens with zero attached hydrogens (tertiary/aromatic N) is 1. The van der Waals surface area contributed by atoms with Gasteiger partial charge in [-0.15, -0.1) is 0 Å². The van der Waals surface area contributed by atoms with Crippen LogP contribution < -0.4 is 10.2 Å². The van der Waals surface area contributed by atoms with Crippen molar-refractivity contribution in [2.45, 2.75) is 45.8 Å². The summed E-state index contributed by atoms with van der Waals surface area (Å²) in [6.07, 6.45) is -4.92. The molecule has 0 spiro atoms. The van der Waals surface area contributed by atoms with Crippen molar-refractivity contribution in [1.29, 1.82) is 0 Å². The Hall–Kier alpha value is -2.70. The maximum atomic E-state index is 13.5.